The molecule has 0 fully saturated rings. The quantitative estimate of drug-likeness (QED) is 0.611. The van der Waals surface area contributed by atoms with Crippen molar-refractivity contribution in [1.82, 2.24) is 9.88 Å². The number of rotatable bonds is 7. The maximum absolute atomic E-state index is 10.8. The molecule has 0 amide bonds. The lowest BCUT2D eigenvalue weighted by Gasteiger charge is -2.24. The van der Waals surface area contributed by atoms with Gasteiger partial charge in [0.25, 0.3) is 0 Å². The summed E-state index contributed by atoms with van der Waals surface area (Å²) < 4.78 is 0. The van der Waals surface area contributed by atoms with Crippen LogP contribution in [0.1, 0.15) is 26.0 Å². The van der Waals surface area contributed by atoms with Crippen molar-refractivity contribution in [1.29, 1.82) is 5.26 Å². The lowest BCUT2D eigenvalue weighted by molar-refractivity contribution is -0.385. The van der Waals surface area contributed by atoms with Crippen molar-refractivity contribution in [3.8, 4) is 6.07 Å². The Morgan fingerprint density at radius 1 is 1.48 bits per heavy atom. The maximum Gasteiger partial charge on any atom is 0.305 e. The second kappa shape index (κ2) is 7.55. The first-order valence-electron chi connectivity index (χ1n) is 6.80. The van der Waals surface area contributed by atoms with Crippen LogP contribution >= 0.6 is 0 Å². The van der Waals surface area contributed by atoms with Gasteiger partial charge >= 0.3 is 5.69 Å². The molecule has 0 aliphatic rings. The molecule has 0 saturated heterocycles. The summed E-state index contributed by atoms with van der Waals surface area (Å²) in [7, 11) is 3.97. The van der Waals surface area contributed by atoms with Crippen molar-refractivity contribution in [2.45, 2.75) is 26.3 Å². The van der Waals surface area contributed by atoms with Crippen LogP contribution in [0, 0.1) is 27.4 Å². The predicted octanol–water partition coefficient (Wildman–Crippen LogP) is 2.25. The van der Waals surface area contributed by atoms with E-state index in [2.05, 4.69) is 29.0 Å². The first-order valence-corrected chi connectivity index (χ1v) is 6.80. The van der Waals surface area contributed by atoms with Gasteiger partial charge in [0.15, 0.2) is 0 Å². The van der Waals surface area contributed by atoms with Crippen LogP contribution in [0.4, 0.5) is 11.5 Å². The summed E-state index contributed by atoms with van der Waals surface area (Å²) >= 11 is 0. The average molecular weight is 291 g/mol. The minimum Gasteiger partial charge on any atom is -0.366 e. The van der Waals surface area contributed by atoms with E-state index in [0.717, 1.165) is 13.0 Å². The van der Waals surface area contributed by atoms with E-state index >= 15 is 0 Å². The number of nitrogens with one attached hydrogen (secondary N) is 1. The van der Waals surface area contributed by atoms with Gasteiger partial charge in [-0.1, -0.05) is 13.8 Å². The fourth-order valence-corrected chi connectivity index (χ4v) is 2.16. The Labute approximate surface area is 124 Å². The summed E-state index contributed by atoms with van der Waals surface area (Å²) in [6.07, 6.45) is 0.943. The van der Waals surface area contributed by atoms with E-state index in [0.29, 0.717) is 11.7 Å². The van der Waals surface area contributed by atoms with Crippen molar-refractivity contribution in [3.05, 3.63) is 27.9 Å². The summed E-state index contributed by atoms with van der Waals surface area (Å²) in [5.74, 6) is 1.00. The van der Waals surface area contributed by atoms with Gasteiger partial charge in [-0.25, -0.2) is 4.98 Å². The number of likely N-dealkylation sites (N-methyl/N-ethyl adjacent to an activating group) is 1. The van der Waals surface area contributed by atoms with E-state index in [1.54, 1.807) is 12.1 Å². The number of aromatic nitrogens is 1. The molecule has 1 rings (SSSR count). The highest BCUT2D eigenvalue weighted by atomic mass is 16.6. The van der Waals surface area contributed by atoms with Gasteiger partial charge in [0, 0.05) is 18.7 Å². The topological polar surface area (TPSA) is 95.1 Å². The minimum absolute atomic E-state index is 0.167. The molecule has 0 radical (unpaired) electrons. The molecule has 21 heavy (non-hydrogen) atoms. The summed E-state index contributed by atoms with van der Waals surface area (Å²) in [5, 5.41) is 23.0. The fourth-order valence-electron chi connectivity index (χ4n) is 2.16. The molecular weight excluding hydrogens is 270 g/mol. The molecule has 0 aliphatic heterocycles. The van der Waals surface area contributed by atoms with Crippen LogP contribution in [0.3, 0.4) is 0 Å². The first kappa shape index (κ1) is 16.9. The average Bonchev–Trinajstić information content (AvgIpc) is 2.36. The molecule has 0 spiro atoms. The summed E-state index contributed by atoms with van der Waals surface area (Å²) in [5.41, 5.74) is -0.436. The van der Waals surface area contributed by atoms with Gasteiger partial charge in [-0.3, -0.25) is 10.1 Å². The molecule has 1 atom stereocenters. The van der Waals surface area contributed by atoms with Crippen LogP contribution in [-0.4, -0.2) is 41.5 Å². The molecule has 0 saturated carbocycles. The third-order valence-electron chi connectivity index (χ3n) is 2.87. The molecule has 1 aromatic rings. The molecule has 114 valence electrons. The zero-order valence-electron chi connectivity index (χ0n) is 12.8. The number of nitro groups is 1. The highest BCUT2D eigenvalue weighted by Crippen LogP contribution is 2.19. The summed E-state index contributed by atoms with van der Waals surface area (Å²) in [6, 6.07) is 4.80. The molecule has 7 nitrogen and oxygen atoms in total. The molecule has 0 bridgehead atoms. The van der Waals surface area contributed by atoms with E-state index in [1.165, 1.54) is 6.07 Å². The van der Waals surface area contributed by atoms with Gasteiger partial charge in [-0.05, 0) is 32.5 Å². The summed E-state index contributed by atoms with van der Waals surface area (Å²) in [6.45, 7) is 5.08. The van der Waals surface area contributed by atoms with E-state index < -0.39 is 4.92 Å². The van der Waals surface area contributed by atoms with Gasteiger partial charge in [0.1, 0.15) is 11.9 Å². The Hall–Kier alpha value is -2.20. The normalized spacial score (nSPS) is 12.2. The minimum atomic E-state index is -0.596. The zero-order valence-corrected chi connectivity index (χ0v) is 12.8. The molecule has 7 heteroatoms. The number of pyridine rings is 1. The molecule has 0 aliphatic carbocycles. The monoisotopic (exact) mass is 291 g/mol. The lowest BCUT2D eigenvalue weighted by Crippen LogP contribution is -2.33. The molecular formula is C14H21N5O2. The van der Waals surface area contributed by atoms with Gasteiger partial charge in [-0.2, -0.15) is 5.26 Å². The standard InChI is InChI=1S/C14H21N5O2/c1-10(2)7-11(9-18(3)4)16-14-6-5-13(19(20)21)12(8-15)17-14/h5-6,10-11H,7,9H2,1-4H3,(H,16,17). The predicted molar refractivity (Wildman–Crippen MR) is 81.0 cm³/mol. The van der Waals surface area contributed by atoms with Gasteiger partial charge in [0.05, 0.1) is 4.92 Å². The lowest BCUT2D eigenvalue weighted by atomic mass is 10.0. The number of nitriles is 1. The second-order valence-electron chi connectivity index (χ2n) is 5.67. The first-order chi connectivity index (χ1) is 9.83. The van der Waals surface area contributed by atoms with Gasteiger partial charge in [-0.15, -0.1) is 0 Å². The molecule has 1 unspecified atom stereocenters. The van der Waals surface area contributed by atoms with E-state index in [9.17, 15) is 10.1 Å². The van der Waals surface area contributed by atoms with Crippen molar-refractivity contribution >= 4 is 11.5 Å². The molecule has 0 aromatic carbocycles. The SMILES string of the molecule is CC(C)CC(CN(C)C)Nc1ccc([N+](=O)[O-])c(C#N)n1. The van der Waals surface area contributed by atoms with Crippen molar-refractivity contribution in [2.75, 3.05) is 26.0 Å². The largest absolute Gasteiger partial charge is 0.366 e. The van der Waals surface area contributed by atoms with E-state index in [-0.39, 0.29) is 17.4 Å². The highest BCUT2D eigenvalue weighted by molar-refractivity contribution is 5.50. The fraction of sp³-hybridized carbons (Fsp3) is 0.571. The third-order valence-corrected chi connectivity index (χ3v) is 2.87. The maximum atomic E-state index is 10.8. The third kappa shape index (κ3) is 5.36. The van der Waals surface area contributed by atoms with Gasteiger partial charge in [0.2, 0.25) is 5.69 Å². The Bertz CT molecular complexity index is 527. The van der Waals surface area contributed by atoms with Crippen LogP contribution in [0.2, 0.25) is 0 Å². The van der Waals surface area contributed by atoms with Crippen LogP contribution in [0.25, 0.3) is 0 Å². The number of hydrogen-bond donors (Lipinski definition) is 1. The van der Waals surface area contributed by atoms with E-state index in [1.807, 2.05) is 14.1 Å². The van der Waals surface area contributed by atoms with Crippen molar-refractivity contribution in [2.24, 2.45) is 5.92 Å². The zero-order chi connectivity index (χ0) is 16.0. The van der Waals surface area contributed by atoms with Crippen molar-refractivity contribution < 1.29 is 4.92 Å². The van der Waals surface area contributed by atoms with Crippen LogP contribution in [0.5, 0.6) is 0 Å². The highest BCUT2D eigenvalue weighted by Gasteiger charge is 2.18. The Kier molecular flexibility index (Phi) is 6.06. The van der Waals surface area contributed by atoms with Crippen LogP contribution in [0.15, 0.2) is 12.1 Å². The smallest absolute Gasteiger partial charge is 0.305 e. The number of hydrogen-bond acceptors (Lipinski definition) is 6. The molecule has 1 N–H and O–H groups in total. The Balaban J connectivity index is 2.93. The Morgan fingerprint density at radius 3 is 2.62 bits per heavy atom. The Morgan fingerprint density at radius 2 is 2.14 bits per heavy atom. The number of nitrogens with zero attached hydrogens (tertiary/aromatic N) is 4. The molecule has 1 heterocycles. The summed E-state index contributed by atoms with van der Waals surface area (Å²) in [4.78, 5) is 16.3. The van der Waals surface area contributed by atoms with Crippen LogP contribution < -0.4 is 5.32 Å². The van der Waals surface area contributed by atoms with Crippen LogP contribution in [-0.2, 0) is 0 Å². The number of anilines is 1. The second-order valence-corrected chi connectivity index (χ2v) is 5.67. The van der Waals surface area contributed by atoms with Crippen molar-refractivity contribution in [3.63, 3.8) is 0 Å². The van der Waals surface area contributed by atoms with E-state index in [4.69, 9.17) is 5.26 Å². The van der Waals surface area contributed by atoms with Gasteiger partial charge < -0.3 is 10.2 Å². The molecule has 1 aromatic heterocycles.